The van der Waals surface area contributed by atoms with Crippen molar-refractivity contribution in [2.45, 2.75) is 31.1 Å². The van der Waals surface area contributed by atoms with Crippen LogP contribution in [-0.2, 0) is 14.3 Å². The van der Waals surface area contributed by atoms with Crippen LogP contribution in [-0.4, -0.2) is 39.0 Å². The normalized spacial score (nSPS) is 20.3. The van der Waals surface area contributed by atoms with Gasteiger partial charge in [0.2, 0.25) is 5.91 Å². The number of hydrogen-bond donors (Lipinski definition) is 1. The molecule has 0 bridgehead atoms. The minimum atomic E-state index is -0.429. The van der Waals surface area contributed by atoms with Crippen LogP contribution in [0.3, 0.4) is 0 Å². The van der Waals surface area contributed by atoms with E-state index in [1.54, 1.807) is 38.5 Å². The lowest BCUT2D eigenvalue weighted by molar-refractivity contribution is -0.122. The summed E-state index contributed by atoms with van der Waals surface area (Å²) in [5, 5.41) is 2.93. The van der Waals surface area contributed by atoms with E-state index >= 15 is 0 Å². The van der Waals surface area contributed by atoms with Crippen molar-refractivity contribution in [3.8, 4) is 11.5 Å². The molecular weight excluding hydrogens is 410 g/mol. The molecule has 2 aromatic carbocycles. The van der Waals surface area contributed by atoms with E-state index in [9.17, 15) is 14.4 Å². The molecule has 0 spiro atoms. The molecule has 0 saturated carbocycles. The van der Waals surface area contributed by atoms with Gasteiger partial charge >= 0.3 is 5.97 Å². The van der Waals surface area contributed by atoms with Gasteiger partial charge in [-0.15, -0.1) is 0 Å². The van der Waals surface area contributed by atoms with Gasteiger partial charge in [-0.1, -0.05) is 12.1 Å². The Morgan fingerprint density at radius 3 is 2.34 bits per heavy atom. The highest BCUT2D eigenvalue weighted by molar-refractivity contribution is 6.02. The van der Waals surface area contributed by atoms with Gasteiger partial charge < -0.3 is 19.5 Å². The third-order valence-corrected chi connectivity index (χ3v) is 6.15. The van der Waals surface area contributed by atoms with Gasteiger partial charge in [-0.05, 0) is 42.3 Å². The number of carbonyl (C=O) groups excluding carboxylic acids is 3. The zero-order chi connectivity index (χ0) is 22.8. The van der Waals surface area contributed by atoms with E-state index in [-0.39, 0.29) is 29.9 Å². The molecule has 1 amide bonds. The molecule has 1 N–H and O–H groups in total. The third-order valence-electron chi connectivity index (χ3n) is 6.15. The summed E-state index contributed by atoms with van der Waals surface area (Å²) in [7, 11) is 4.51. The highest BCUT2D eigenvalue weighted by atomic mass is 16.5. The highest BCUT2D eigenvalue weighted by Crippen LogP contribution is 2.45. The minimum absolute atomic E-state index is 0.00293. The van der Waals surface area contributed by atoms with Crippen molar-refractivity contribution < 1.29 is 28.6 Å². The van der Waals surface area contributed by atoms with Crippen molar-refractivity contribution in [3.63, 3.8) is 0 Å². The zero-order valence-electron chi connectivity index (χ0n) is 18.3. The zero-order valence-corrected chi connectivity index (χ0v) is 18.3. The number of hydrogen-bond acceptors (Lipinski definition) is 6. The average Bonchev–Trinajstić information content (AvgIpc) is 2.82. The van der Waals surface area contributed by atoms with Crippen LogP contribution in [0, 0.1) is 0 Å². The Kier molecular flexibility index (Phi) is 5.99. The summed E-state index contributed by atoms with van der Waals surface area (Å²) < 4.78 is 15.6. The fourth-order valence-electron chi connectivity index (χ4n) is 4.59. The molecule has 7 nitrogen and oxygen atoms in total. The largest absolute Gasteiger partial charge is 0.497 e. The van der Waals surface area contributed by atoms with Gasteiger partial charge in [0.1, 0.15) is 11.5 Å². The Bertz CT molecular complexity index is 1100. The predicted octanol–water partition coefficient (Wildman–Crippen LogP) is 3.49. The molecule has 0 fully saturated rings. The van der Waals surface area contributed by atoms with Crippen molar-refractivity contribution in [3.05, 3.63) is 70.4 Å². The van der Waals surface area contributed by atoms with E-state index in [1.165, 1.54) is 7.11 Å². The lowest BCUT2D eigenvalue weighted by atomic mass is 9.73. The summed E-state index contributed by atoms with van der Waals surface area (Å²) >= 11 is 0. The Morgan fingerprint density at radius 2 is 1.69 bits per heavy atom. The summed E-state index contributed by atoms with van der Waals surface area (Å²) in [6.07, 6.45) is 1.03. The number of ketones is 1. The fourth-order valence-corrected chi connectivity index (χ4v) is 4.59. The molecule has 2 aliphatic rings. The van der Waals surface area contributed by atoms with Gasteiger partial charge in [0.15, 0.2) is 5.78 Å². The number of benzene rings is 2. The van der Waals surface area contributed by atoms with Crippen molar-refractivity contribution in [2.24, 2.45) is 0 Å². The van der Waals surface area contributed by atoms with E-state index in [1.807, 2.05) is 18.2 Å². The number of amides is 1. The average molecular weight is 435 g/mol. The summed E-state index contributed by atoms with van der Waals surface area (Å²) in [6, 6.07) is 12.4. The molecule has 1 heterocycles. The molecule has 4 rings (SSSR count). The van der Waals surface area contributed by atoms with Crippen LogP contribution >= 0.6 is 0 Å². The highest BCUT2D eigenvalue weighted by Gasteiger charge is 2.39. The quantitative estimate of drug-likeness (QED) is 0.723. The minimum Gasteiger partial charge on any atom is -0.497 e. The number of Topliss-reactive ketones (excluding diaryl/α,β-unsaturated/α-hetero) is 1. The maximum absolute atomic E-state index is 13.3. The lowest BCUT2D eigenvalue weighted by Gasteiger charge is -2.35. The second kappa shape index (κ2) is 8.86. The van der Waals surface area contributed by atoms with E-state index in [4.69, 9.17) is 14.2 Å². The van der Waals surface area contributed by atoms with Crippen molar-refractivity contribution in [1.29, 1.82) is 0 Å². The molecule has 32 heavy (non-hydrogen) atoms. The van der Waals surface area contributed by atoms with E-state index in [0.29, 0.717) is 41.2 Å². The summed E-state index contributed by atoms with van der Waals surface area (Å²) in [4.78, 5) is 37.6. The first-order valence-electron chi connectivity index (χ1n) is 10.4. The number of carbonyl (C=O) groups is 3. The number of esters is 1. The number of methoxy groups -OCH3 is 3. The Labute approximate surface area is 186 Å². The second-order valence-electron chi connectivity index (χ2n) is 7.95. The fraction of sp³-hybridized carbons (Fsp3) is 0.320. The first-order chi connectivity index (χ1) is 15.4. The van der Waals surface area contributed by atoms with Crippen molar-refractivity contribution in [2.75, 3.05) is 21.3 Å². The van der Waals surface area contributed by atoms with Gasteiger partial charge in [0.25, 0.3) is 0 Å². The summed E-state index contributed by atoms with van der Waals surface area (Å²) in [5.41, 5.74) is 3.44. The molecule has 1 aliphatic carbocycles. The molecule has 0 aromatic heterocycles. The molecule has 1 aliphatic heterocycles. The van der Waals surface area contributed by atoms with E-state index in [0.717, 1.165) is 11.1 Å². The van der Waals surface area contributed by atoms with Crippen LogP contribution in [0.15, 0.2) is 53.7 Å². The van der Waals surface area contributed by atoms with Gasteiger partial charge in [0, 0.05) is 41.5 Å². The number of ether oxygens (including phenoxy) is 3. The SMILES string of the molecule is COC(=O)c1ccc([C@@H]2CC(=O)NC3=C2C(=O)C[C@H](c2cc(OC)ccc2OC)C3)cc1. The van der Waals surface area contributed by atoms with Crippen LogP contribution in [0.4, 0.5) is 0 Å². The molecule has 0 saturated heterocycles. The van der Waals surface area contributed by atoms with E-state index in [2.05, 4.69) is 5.32 Å². The Balaban J connectivity index is 1.69. The Morgan fingerprint density at radius 1 is 0.938 bits per heavy atom. The third kappa shape index (κ3) is 3.98. The standard InChI is InChI=1S/C25H25NO6/c1-30-17-8-9-22(31-2)18(12-17)16-10-20-24(21(27)11-16)19(13-23(28)26-20)14-4-6-15(7-5-14)25(29)32-3/h4-9,12,16,19H,10-11,13H2,1-3H3,(H,26,28)/t16-,19+/m1/s1. The van der Waals surface area contributed by atoms with Gasteiger partial charge in [0.05, 0.1) is 26.9 Å². The molecule has 2 aromatic rings. The topological polar surface area (TPSA) is 90.9 Å². The molecule has 0 radical (unpaired) electrons. The van der Waals surface area contributed by atoms with Gasteiger partial charge in [-0.25, -0.2) is 4.79 Å². The van der Waals surface area contributed by atoms with Crippen molar-refractivity contribution in [1.82, 2.24) is 5.32 Å². The lowest BCUT2D eigenvalue weighted by Crippen LogP contribution is -2.38. The molecule has 166 valence electrons. The molecule has 2 atom stereocenters. The number of rotatable bonds is 5. The van der Waals surface area contributed by atoms with Crippen LogP contribution in [0.25, 0.3) is 0 Å². The number of nitrogens with one attached hydrogen (secondary N) is 1. The van der Waals surface area contributed by atoms with Gasteiger partial charge in [-0.3, -0.25) is 9.59 Å². The van der Waals surface area contributed by atoms with Crippen molar-refractivity contribution >= 4 is 17.7 Å². The maximum atomic E-state index is 13.3. The van der Waals surface area contributed by atoms with Crippen LogP contribution < -0.4 is 14.8 Å². The first-order valence-corrected chi connectivity index (χ1v) is 10.4. The first kappa shape index (κ1) is 21.6. The van der Waals surface area contributed by atoms with Crippen LogP contribution in [0.2, 0.25) is 0 Å². The predicted molar refractivity (Wildman–Crippen MR) is 117 cm³/mol. The van der Waals surface area contributed by atoms with Crippen LogP contribution in [0.1, 0.15) is 52.6 Å². The maximum Gasteiger partial charge on any atom is 0.337 e. The summed E-state index contributed by atoms with van der Waals surface area (Å²) in [6.45, 7) is 0. The molecule has 0 unspecified atom stereocenters. The molecular formula is C25H25NO6. The smallest absolute Gasteiger partial charge is 0.337 e. The van der Waals surface area contributed by atoms with E-state index < -0.39 is 5.97 Å². The monoisotopic (exact) mass is 435 g/mol. The van der Waals surface area contributed by atoms with Crippen LogP contribution in [0.5, 0.6) is 11.5 Å². The Hall–Kier alpha value is -3.61. The van der Waals surface area contributed by atoms with Gasteiger partial charge in [-0.2, -0.15) is 0 Å². The number of allylic oxidation sites excluding steroid dienone is 2. The molecule has 7 heteroatoms. The summed E-state index contributed by atoms with van der Waals surface area (Å²) in [5.74, 6) is 0.342. The second-order valence-corrected chi connectivity index (χ2v) is 7.95.